The van der Waals surface area contributed by atoms with E-state index in [4.69, 9.17) is 34.8 Å². The first-order valence-electron chi connectivity index (χ1n) is 7.86. The van der Waals surface area contributed by atoms with Crippen LogP contribution < -0.4 is 0 Å². The minimum Gasteiger partial charge on any atom is -0.310 e. The zero-order chi connectivity index (χ0) is 15.7. The number of nitriles is 1. The summed E-state index contributed by atoms with van der Waals surface area (Å²) in [6.07, 6.45) is 8.32. The second kappa shape index (κ2) is 6.87. The number of hydrogen-bond acceptors (Lipinski definition) is 2. The lowest BCUT2D eigenvalue weighted by molar-refractivity contribution is 0.163. The SMILES string of the molecule is N#CN(CC1CCC1)CC1CC(c2c(Cl)cc(Cl)cc2Cl)C1. The molecule has 3 rings (SSSR count). The Bertz CT molecular complexity index is 563. The molecule has 0 aliphatic heterocycles. The van der Waals surface area contributed by atoms with Crippen molar-refractivity contribution in [1.82, 2.24) is 4.90 Å². The van der Waals surface area contributed by atoms with Gasteiger partial charge < -0.3 is 4.90 Å². The van der Waals surface area contributed by atoms with Crippen LogP contribution in [-0.2, 0) is 0 Å². The molecule has 0 amide bonds. The fraction of sp³-hybridized carbons (Fsp3) is 0.588. The Labute approximate surface area is 146 Å². The summed E-state index contributed by atoms with van der Waals surface area (Å²) in [7, 11) is 0. The van der Waals surface area contributed by atoms with Gasteiger partial charge in [0.05, 0.1) is 0 Å². The molecule has 0 saturated heterocycles. The summed E-state index contributed by atoms with van der Waals surface area (Å²) in [6, 6.07) is 3.52. The van der Waals surface area contributed by atoms with Gasteiger partial charge in [-0.25, -0.2) is 0 Å². The summed E-state index contributed by atoms with van der Waals surface area (Å²) in [4.78, 5) is 1.94. The Hall–Kier alpha value is -0.620. The van der Waals surface area contributed by atoms with Crippen LogP contribution in [0.5, 0.6) is 0 Å². The maximum Gasteiger partial charge on any atom is 0.179 e. The second-order valence-corrected chi connectivity index (χ2v) is 7.87. The molecule has 0 atom stereocenters. The van der Waals surface area contributed by atoms with E-state index in [1.165, 1.54) is 19.3 Å². The summed E-state index contributed by atoms with van der Waals surface area (Å²) in [5.41, 5.74) is 1.02. The van der Waals surface area contributed by atoms with E-state index in [1.807, 2.05) is 4.90 Å². The van der Waals surface area contributed by atoms with E-state index in [2.05, 4.69) is 6.19 Å². The Kier molecular flexibility index (Phi) is 5.07. The van der Waals surface area contributed by atoms with Crippen LogP contribution in [0.3, 0.4) is 0 Å². The zero-order valence-corrected chi connectivity index (χ0v) is 14.6. The molecule has 22 heavy (non-hydrogen) atoms. The smallest absolute Gasteiger partial charge is 0.179 e. The lowest BCUT2D eigenvalue weighted by atomic mass is 9.71. The van der Waals surface area contributed by atoms with Crippen LogP contribution in [0.1, 0.15) is 43.6 Å². The highest BCUT2D eigenvalue weighted by molar-refractivity contribution is 6.39. The lowest BCUT2D eigenvalue weighted by Gasteiger charge is -2.39. The number of halogens is 3. The van der Waals surface area contributed by atoms with Gasteiger partial charge in [-0.2, -0.15) is 5.26 Å². The minimum absolute atomic E-state index is 0.395. The Morgan fingerprint density at radius 2 is 1.64 bits per heavy atom. The van der Waals surface area contributed by atoms with E-state index in [0.29, 0.717) is 26.9 Å². The maximum absolute atomic E-state index is 9.28. The Morgan fingerprint density at radius 1 is 1.05 bits per heavy atom. The van der Waals surface area contributed by atoms with Crippen molar-refractivity contribution in [3.8, 4) is 6.19 Å². The van der Waals surface area contributed by atoms with Crippen molar-refractivity contribution < 1.29 is 0 Å². The van der Waals surface area contributed by atoms with E-state index in [0.717, 1.165) is 37.4 Å². The molecule has 5 heteroatoms. The van der Waals surface area contributed by atoms with Crippen molar-refractivity contribution in [2.75, 3.05) is 13.1 Å². The molecule has 118 valence electrons. The first-order valence-corrected chi connectivity index (χ1v) is 8.99. The van der Waals surface area contributed by atoms with Gasteiger partial charge in [0.1, 0.15) is 0 Å². The van der Waals surface area contributed by atoms with Crippen molar-refractivity contribution in [2.24, 2.45) is 11.8 Å². The minimum atomic E-state index is 0.395. The Morgan fingerprint density at radius 3 is 2.14 bits per heavy atom. The summed E-state index contributed by atoms with van der Waals surface area (Å²) >= 11 is 18.5. The third kappa shape index (κ3) is 3.48. The van der Waals surface area contributed by atoms with Gasteiger partial charge in [0.15, 0.2) is 6.19 Å². The van der Waals surface area contributed by atoms with Gasteiger partial charge in [0.25, 0.3) is 0 Å². The molecule has 1 aromatic carbocycles. The predicted octanol–water partition coefficient (Wildman–Crippen LogP) is 5.72. The van der Waals surface area contributed by atoms with Gasteiger partial charge in [-0.3, -0.25) is 0 Å². The molecule has 2 aliphatic carbocycles. The fourth-order valence-corrected chi connectivity index (χ4v) is 4.64. The van der Waals surface area contributed by atoms with Crippen LogP contribution in [0.2, 0.25) is 15.1 Å². The normalized spacial score (nSPS) is 24.3. The second-order valence-electron chi connectivity index (χ2n) is 6.62. The van der Waals surface area contributed by atoms with Gasteiger partial charge in [0.2, 0.25) is 0 Å². The van der Waals surface area contributed by atoms with Gasteiger partial charge in [-0.1, -0.05) is 41.2 Å². The first-order chi connectivity index (χ1) is 10.6. The average Bonchev–Trinajstić information content (AvgIpc) is 2.36. The highest BCUT2D eigenvalue weighted by Crippen LogP contribution is 2.47. The number of nitrogens with zero attached hydrogens (tertiary/aromatic N) is 2. The highest BCUT2D eigenvalue weighted by Gasteiger charge is 2.34. The van der Waals surface area contributed by atoms with Crippen molar-refractivity contribution in [2.45, 2.75) is 38.0 Å². The van der Waals surface area contributed by atoms with Crippen molar-refractivity contribution in [3.05, 3.63) is 32.8 Å². The van der Waals surface area contributed by atoms with Crippen molar-refractivity contribution in [1.29, 1.82) is 5.26 Å². The molecular formula is C17H19Cl3N2. The first kappa shape index (κ1) is 16.2. The average molecular weight is 358 g/mol. The van der Waals surface area contributed by atoms with E-state index in [1.54, 1.807) is 12.1 Å². The van der Waals surface area contributed by atoms with Crippen LogP contribution in [0, 0.1) is 23.3 Å². The van der Waals surface area contributed by atoms with Gasteiger partial charge in [-0.05, 0) is 61.1 Å². The molecule has 0 radical (unpaired) electrons. The quantitative estimate of drug-likeness (QED) is 0.497. The van der Waals surface area contributed by atoms with Crippen LogP contribution in [0.15, 0.2) is 12.1 Å². The largest absolute Gasteiger partial charge is 0.310 e. The monoisotopic (exact) mass is 356 g/mol. The molecule has 0 bridgehead atoms. The molecule has 0 spiro atoms. The highest BCUT2D eigenvalue weighted by atomic mass is 35.5. The Balaban J connectivity index is 1.54. The summed E-state index contributed by atoms with van der Waals surface area (Å²) in [5, 5.41) is 11.2. The summed E-state index contributed by atoms with van der Waals surface area (Å²) in [6.45, 7) is 1.80. The molecular weight excluding hydrogens is 339 g/mol. The fourth-order valence-electron chi connectivity index (χ4n) is 3.52. The molecule has 0 heterocycles. The number of benzene rings is 1. The van der Waals surface area contributed by atoms with Crippen LogP contribution >= 0.6 is 34.8 Å². The topological polar surface area (TPSA) is 27.0 Å². The third-order valence-corrected chi connectivity index (χ3v) is 5.85. The van der Waals surface area contributed by atoms with Crippen LogP contribution in [0.4, 0.5) is 0 Å². The predicted molar refractivity (Wildman–Crippen MR) is 91.5 cm³/mol. The molecule has 2 aliphatic rings. The number of hydrogen-bond donors (Lipinski definition) is 0. The molecule has 0 unspecified atom stereocenters. The molecule has 0 aromatic heterocycles. The van der Waals surface area contributed by atoms with E-state index in [-0.39, 0.29) is 0 Å². The molecule has 2 saturated carbocycles. The van der Waals surface area contributed by atoms with Crippen LogP contribution in [-0.4, -0.2) is 18.0 Å². The van der Waals surface area contributed by atoms with E-state index < -0.39 is 0 Å². The standard InChI is InChI=1S/C17H19Cl3N2/c18-14-6-15(19)17(16(20)7-14)13-4-12(5-13)9-22(10-21)8-11-2-1-3-11/h6-7,11-13H,1-5,8-9H2. The van der Waals surface area contributed by atoms with Crippen molar-refractivity contribution >= 4 is 34.8 Å². The molecule has 0 N–H and O–H groups in total. The molecule has 1 aromatic rings. The van der Waals surface area contributed by atoms with Gasteiger partial charge in [0, 0.05) is 28.2 Å². The summed E-state index contributed by atoms with van der Waals surface area (Å²) < 4.78 is 0. The zero-order valence-electron chi connectivity index (χ0n) is 12.4. The van der Waals surface area contributed by atoms with Crippen molar-refractivity contribution in [3.63, 3.8) is 0 Å². The maximum atomic E-state index is 9.28. The molecule has 2 nitrogen and oxygen atoms in total. The van der Waals surface area contributed by atoms with Crippen LogP contribution in [0.25, 0.3) is 0 Å². The number of rotatable bonds is 5. The molecule has 2 fully saturated rings. The van der Waals surface area contributed by atoms with E-state index in [9.17, 15) is 5.26 Å². The van der Waals surface area contributed by atoms with Gasteiger partial charge >= 0.3 is 0 Å². The van der Waals surface area contributed by atoms with Gasteiger partial charge in [-0.15, -0.1) is 0 Å². The van der Waals surface area contributed by atoms with E-state index >= 15 is 0 Å². The lowest BCUT2D eigenvalue weighted by Crippen LogP contribution is -2.37. The summed E-state index contributed by atoms with van der Waals surface area (Å²) in [5.74, 6) is 1.69. The third-order valence-electron chi connectivity index (χ3n) is 5.01.